The molecule has 0 aromatic rings. The second-order valence-electron chi connectivity index (χ2n) is 3.66. The maximum absolute atomic E-state index is 11.7. The van der Waals surface area contributed by atoms with Crippen LogP contribution in [-0.2, 0) is 9.84 Å². The van der Waals surface area contributed by atoms with Gasteiger partial charge in [0.15, 0.2) is 0 Å². The van der Waals surface area contributed by atoms with Crippen molar-refractivity contribution in [1.82, 2.24) is 4.90 Å². The predicted molar refractivity (Wildman–Crippen MR) is 59.0 cm³/mol. The highest BCUT2D eigenvalue weighted by Gasteiger charge is 2.36. The largest absolute Gasteiger partial charge is 0.306 e. The van der Waals surface area contributed by atoms with E-state index < -0.39 is 9.84 Å². The number of hydrogen-bond acceptors (Lipinski definition) is 4. The summed E-state index contributed by atoms with van der Waals surface area (Å²) in [6.45, 7) is 1.76. The van der Waals surface area contributed by atoms with E-state index in [1.807, 2.05) is 7.05 Å². The van der Waals surface area contributed by atoms with Crippen LogP contribution in [0.25, 0.3) is 0 Å². The first-order chi connectivity index (χ1) is 6.51. The number of rotatable bonds is 1. The Bertz CT molecular complexity index is 413. The van der Waals surface area contributed by atoms with Gasteiger partial charge >= 0.3 is 0 Å². The Morgan fingerprint density at radius 3 is 2.79 bits per heavy atom. The SMILES string of the molecule is CN1CCC(C2=CN=C(Br)S2(=O)=O)C1. The molecule has 0 amide bonds. The van der Waals surface area contributed by atoms with Gasteiger partial charge in [-0.1, -0.05) is 0 Å². The smallest absolute Gasteiger partial charge is 0.228 e. The Morgan fingerprint density at radius 1 is 1.64 bits per heavy atom. The first-order valence-corrected chi connectivity index (χ1v) is 6.66. The van der Waals surface area contributed by atoms with E-state index in [2.05, 4.69) is 25.8 Å². The Labute approximate surface area is 91.7 Å². The molecule has 1 fully saturated rings. The fourth-order valence-corrected chi connectivity index (χ4v) is 3.71. The number of nitrogens with zero attached hydrogens (tertiary/aromatic N) is 2. The van der Waals surface area contributed by atoms with Crippen molar-refractivity contribution in [3.05, 3.63) is 11.1 Å². The summed E-state index contributed by atoms with van der Waals surface area (Å²) in [6.07, 6.45) is 2.38. The van der Waals surface area contributed by atoms with Gasteiger partial charge in [0.2, 0.25) is 13.8 Å². The van der Waals surface area contributed by atoms with Gasteiger partial charge in [0.25, 0.3) is 0 Å². The molecule has 0 bridgehead atoms. The zero-order valence-electron chi connectivity index (χ0n) is 7.77. The Balaban J connectivity index is 2.24. The van der Waals surface area contributed by atoms with Crippen LogP contribution in [0.5, 0.6) is 0 Å². The number of hydrogen-bond donors (Lipinski definition) is 0. The van der Waals surface area contributed by atoms with Crippen LogP contribution >= 0.6 is 15.9 Å². The van der Waals surface area contributed by atoms with Crippen LogP contribution in [0.1, 0.15) is 6.42 Å². The van der Waals surface area contributed by atoms with E-state index in [1.54, 1.807) is 0 Å². The van der Waals surface area contributed by atoms with Crippen molar-refractivity contribution in [3.63, 3.8) is 0 Å². The average Bonchev–Trinajstić information content (AvgIpc) is 2.60. The normalized spacial score (nSPS) is 31.7. The van der Waals surface area contributed by atoms with Gasteiger partial charge in [-0.2, -0.15) is 0 Å². The number of halogens is 1. The maximum Gasteiger partial charge on any atom is 0.228 e. The lowest BCUT2D eigenvalue weighted by molar-refractivity contribution is 0.407. The number of sulfone groups is 1. The van der Waals surface area contributed by atoms with Crippen LogP contribution in [-0.4, -0.2) is 37.4 Å². The zero-order valence-corrected chi connectivity index (χ0v) is 10.2. The lowest BCUT2D eigenvalue weighted by atomic mass is 10.1. The molecule has 14 heavy (non-hydrogen) atoms. The molecule has 2 aliphatic heterocycles. The van der Waals surface area contributed by atoms with Crippen molar-refractivity contribution in [2.24, 2.45) is 10.9 Å². The molecule has 4 nitrogen and oxygen atoms in total. The summed E-state index contributed by atoms with van der Waals surface area (Å²) in [5, 5.41) is 0. The second kappa shape index (κ2) is 3.43. The van der Waals surface area contributed by atoms with E-state index in [1.165, 1.54) is 6.20 Å². The van der Waals surface area contributed by atoms with E-state index in [9.17, 15) is 8.42 Å². The van der Waals surface area contributed by atoms with Crippen LogP contribution in [0, 0.1) is 5.92 Å². The molecule has 2 rings (SSSR count). The van der Waals surface area contributed by atoms with E-state index in [0.29, 0.717) is 4.91 Å². The molecule has 0 radical (unpaired) electrons. The van der Waals surface area contributed by atoms with Crippen LogP contribution in [0.4, 0.5) is 0 Å². The molecule has 0 saturated carbocycles. The van der Waals surface area contributed by atoms with Crippen molar-refractivity contribution >= 4 is 29.7 Å². The number of aliphatic imine (C=N–C) groups is 1. The summed E-state index contributed by atoms with van der Waals surface area (Å²) in [4.78, 5) is 6.40. The Hall–Kier alpha value is -0.200. The summed E-state index contributed by atoms with van der Waals surface area (Å²) in [5.74, 6) is 0.115. The standard InChI is InChI=1S/C8H11BrN2O2S/c1-11-3-2-6(5-11)7-4-10-8(9)14(7,12)13/h4,6H,2-3,5H2,1H3. The highest BCUT2D eigenvalue weighted by Crippen LogP contribution is 2.32. The minimum atomic E-state index is -3.27. The molecular formula is C8H11BrN2O2S. The molecular weight excluding hydrogens is 268 g/mol. The molecule has 1 saturated heterocycles. The molecule has 0 N–H and O–H groups in total. The molecule has 2 heterocycles. The molecule has 0 spiro atoms. The summed E-state index contributed by atoms with van der Waals surface area (Å²) in [6, 6.07) is 0. The molecule has 1 unspecified atom stereocenters. The summed E-state index contributed by atoms with van der Waals surface area (Å²) in [5.41, 5.74) is 0. The predicted octanol–water partition coefficient (Wildman–Crippen LogP) is 0.959. The fraction of sp³-hybridized carbons (Fsp3) is 0.625. The minimum Gasteiger partial charge on any atom is -0.306 e. The van der Waals surface area contributed by atoms with Crippen LogP contribution in [0.15, 0.2) is 16.1 Å². The van der Waals surface area contributed by atoms with Gasteiger partial charge in [-0.15, -0.1) is 0 Å². The van der Waals surface area contributed by atoms with E-state index in [0.717, 1.165) is 19.5 Å². The van der Waals surface area contributed by atoms with E-state index >= 15 is 0 Å². The molecule has 0 aromatic heterocycles. The third-order valence-electron chi connectivity index (χ3n) is 2.62. The van der Waals surface area contributed by atoms with Gasteiger partial charge in [0, 0.05) is 18.7 Å². The highest BCUT2D eigenvalue weighted by atomic mass is 79.9. The molecule has 78 valence electrons. The van der Waals surface area contributed by atoms with Crippen molar-refractivity contribution in [2.45, 2.75) is 6.42 Å². The monoisotopic (exact) mass is 278 g/mol. The van der Waals surface area contributed by atoms with E-state index in [4.69, 9.17) is 0 Å². The van der Waals surface area contributed by atoms with Gasteiger partial charge < -0.3 is 4.90 Å². The van der Waals surface area contributed by atoms with Crippen molar-refractivity contribution < 1.29 is 8.42 Å². The van der Waals surface area contributed by atoms with Gasteiger partial charge in [0.1, 0.15) is 0 Å². The van der Waals surface area contributed by atoms with E-state index in [-0.39, 0.29) is 9.87 Å². The van der Waals surface area contributed by atoms with Crippen LogP contribution in [0.3, 0.4) is 0 Å². The quantitative estimate of drug-likeness (QED) is 0.718. The molecule has 6 heteroatoms. The molecule has 0 aliphatic carbocycles. The average molecular weight is 279 g/mol. The minimum absolute atomic E-state index is 0.0505. The zero-order chi connectivity index (χ0) is 10.3. The Morgan fingerprint density at radius 2 is 2.36 bits per heavy atom. The van der Waals surface area contributed by atoms with Crippen molar-refractivity contribution in [3.8, 4) is 0 Å². The third-order valence-corrected chi connectivity index (χ3v) is 5.71. The highest BCUT2D eigenvalue weighted by molar-refractivity contribution is 9.21. The van der Waals surface area contributed by atoms with Crippen molar-refractivity contribution in [1.29, 1.82) is 0 Å². The summed E-state index contributed by atoms with van der Waals surface area (Å²) < 4.78 is 23.5. The third kappa shape index (κ3) is 1.55. The summed E-state index contributed by atoms with van der Waals surface area (Å²) in [7, 11) is -1.27. The van der Waals surface area contributed by atoms with Gasteiger partial charge in [-0.05, 0) is 35.9 Å². The summed E-state index contributed by atoms with van der Waals surface area (Å²) >= 11 is 2.96. The maximum atomic E-state index is 11.7. The first kappa shape index (κ1) is 10.3. The molecule has 1 atom stereocenters. The lowest BCUT2D eigenvalue weighted by Crippen LogP contribution is -2.18. The van der Waals surface area contributed by atoms with Gasteiger partial charge in [-0.25, -0.2) is 13.4 Å². The number of likely N-dealkylation sites (tertiary alicyclic amines) is 1. The molecule has 0 aromatic carbocycles. The van der Waals surface area contributed by atoms with Crippen molar-refractivity contribution in [2.75, 3.05) is 20.1 Å². The second-order valence-corrected chi connectivity index (χ2v) is 6.81. The Kier molecular flexibility index (Phi) is 2.53. The van der Waals surface area contributed by atoms with Crippen LogP contribution in [0.2, 0.25) is 0 Å². The van der Waals surface area contributed by atoms with Gasteiger partial charge in [-0.3, -0.25) is 0 Å². The first-order valence-electron chi connectivity index (χ1n) is 4.39. The van der Waals surface area contributed by atoms with Gasteiger partial charge in [0.05, 0.1) is 4.91 Å². The van der Waals surface area contributed by atoms with Crippen LogP contribution < -0.4 is 0 Å². The topological polar surface area (TPSA) is 49.7 Å². The fourth-order valence-electron chi connectivity index (χ4n) is 1.84. The lowest BCUT2D eigenvalue weighted by Gasteiger charge is -2.10. The molecule has 2 aliphatic rings.